The first-order valence-corrected chi connectivity index (χ1v) is 10.8. The molecule has 2 aromatic carbocycles. The molecule has 5 nitrogen and oxygen atoms in total. The normalized spacial score (nSPS) is 24.9. The summed E-state index contributed by atoms with van der Waals surface area (Å²) in [6.45, 7) is 4.05. The number of nitroso groups, excluding NO2 is 1. The van der Waals surface area contributed by atoms with Crippen LogP contribution < -0.4 is 0 Å². The molecule has 1 amide bonds. The largest absolute Gasteiger partial charge is 0.337 e. The van der Waals surface area contributed by atoms with E-state index >= 15 is 4.39 Å². The number of rotatable bonds is 5. The first-order valence-electron chi connectivity index (χ1n) is 10.8. The highest BCUT2D eigenvalue weighted by atomic mass is 19.1. The summed E-state index contributed by atoms with van der Waals surface area (Å²) in [6, 6.07) is 11.9. The molecule has 7 heteroatoms. The number of carbonyl (C=O) groups is 1. The SMILES string of the molecule is Cc1ccc(CN2CCCC(N3CCC(c4ccc(N=O)c(F)c4)C(F)C3)C2=O)cc1. The summed E-state index contributed by atoms with van der Waals surface area (Å²) in [7, 11) is 0. The van der Waals surface area contributed by atoms with Crippen LogP contribution in [0.5, 0.6) is 0 Å². The molecule has 31 heavy (non-hydrogen) atoms. The molecule has 0 N–H and O–H groups in total. The van der Waals surface area contributed by atoms with E-state index in [4.69, 9.17) is 0 Å². The van der Waals surface area contributed by atoms with E-state index in [-0.39, 0.29) is 24.2 Å². The Labute approximate surface area is 181 Å². The van der Waals surface area contributed by atoms with Crippen molar-refractivity contribution >= 4 is 11.6 Å². The Balaban J connectivity index is 1.41. The Morgan fingerprint density at radius 3 is 2.55 bits per heavy atom. The Hall–Kier alpha value is -2.67. The van der Waals surface area contributed by atoms with Gasteiger partial charge in [0.1, 0.15) is 11.9 Å². The predicted molar refractivity (Wildman–Crippen MR) is 115 cm³/mol. The van der Waals surface area contributed by atoms with Gasteiger partial charge in [-0.3, -0.25) is 9.69 Å². The quantitative estimate of drug-likeness (QED) is 0.641. The lowest BCUT2D eigenvalue weighted by Gasteiger charge is -2.42. The molecule has 0 saturated carbocycles. The van der Waals surface area contributed by atoms with Crippen molar-refractivity contribution in [3.05, 3.63) is 69.9 Å². The minimum absolute atomic E-state index is 0.0601. The Bertz CT molecular complexity index is 950. The monoisotopic (exact) mass is 427 g/mol. The van der Waals surface area contributed by atoms with E-state index in [2.05, 4.69) is 5.18 Å². The van der Waals surface area contributed by atoms with E-state index in [1.807, 2.05) is 41.0 Å². The molecular formula is C24H27F2N3O2. The van der Waals surface area contributed by atoms with Gasteiger partial charge in [0.25, 0.3) is 0 Å². The van der Waals surface area contributed by atoms with Gasteiger partial charge in [-0.1, -0.05) is 35.9 Å². The second kappa shape index (κ2) is 9.22. The van der Waals surface area contributed by atoms with Gasteiger partial charge in [-0.2, -0.15) is 0 Å². The highest BCUT2D eigenvalue weighted by molar-refractivity contribution is 5.82. The van der Waals surface area contributed by atoms with Gasteiger partial charge in [-0.25, -0.2) is 8.78 Å². The number of aryl methyl sites for hydroxylation is 1. The van der Waals surface area contributed by atoms with Crippen molar-refractivity contribution in [2.24, 2.45) is 5.18 Å². The maximum absolute atomic E-state index is 15.1. The van der Waals surface area contributed by atoms with Crippen molar-refractivity contribution in [3.63, 3.8) is 0 Å². The molecule has 0 aliphatic carbocycles. The van der Waals surface area contributed by atoms with Crippen molar-refractivity contribution in [2.45, 2.75) is 50.9 Å². The van der Waals surface area contributed by atoms with Gasteiger partial charge in [-0.05, 0) is 61.2 Å². The van der Waals surface area contributed by atoms with E-state index in [1.165, 1.54) is 17.7 Å². The van der Waals surface area contributed by atoms with Crippen LogP contribution in [-0.2, 0) is 11.3 Å². The van der Waals surface area contributed by atoms with Gasteiger partial charge in [0.05, 0.1) is 6.04 Å². The molecular weight excluding hydrogens is 400 g/mol. The van der Waals surface area contributed by atoms with Crippen molar-refractivity contribution < 1.29 is 13.6 Å². The second-order valence-corrected chi connectivity index (χ2v) is 8.61. The molecule has 4 rings (SSSR count). The van der Waals surface area contributed by atoms with Crippen LogP contribution in [0.4, 0.5) is 14.5 Å². The third kappa shape index (κ3) is 4.66. The van der Waals surface area contributed by atoms with Crippen molar-refractivity contribution in [2.75, 3.05) is 19.6 Å². The zero-order valence-electron chi connectivity index (χ0n) is 17.6. The van der Waals surface area contributed by atoms with Gasteiger partial charge in [0.15, 0.2) is 5.82 Å². The predicted octanol–water partition coefficient (Wildman–Crippen LogP) is 4.85. The molecule has 0 spiro atoms. The smallest absolute Gasteiger partial charge is 0.240 e. The minimum Gasteiger partial charge on any atom is -0.337 e. The van der Waals surface area contributed by atoms with Crippen LogP contribution in [0.25, 0.3) is 0 Å². The minimum atomic E-state index is -1.21. The lowest BCUT2D eigenvalue weighted by Crippen LogP contribution is -2.55. The van der Waals surface area contributed by atoms with Crippen LogP contribution in [0.1, 0.15) is 41.9 Å². The summed E-state index contributed by atoms with van der Waals surface area (Å²) in [4.78, 5) is 27.5. The van der Waals surface area contributed by atoms with Crippen molar-refractivity contribution in [3.8, 4) is 0 Å². The van der Waals surface area contributed by atoms with Gasteiger partial charge in [0.2, 0.25) is 5.91 Å². The summed E-state index contributed by atoms with van der Waals surface area (Å²) in [5.74, 6) is -1.12. The number of piperidine rings is 2. The van der Waals surface area contributed by atoms with E-state index in [9.17, 15) is 14.1 Å². The fraction of sp³-hybridized carbons (Fsp3) is 0.458. The number of amides is 1. The van der Waals surface area contributed by atoms with Gasteiger partial charge in [0, 0.05) is 25.6 Å². The maximum Gasteiger partial charge on any atom is 0.240 e. The second-order valence-electron chi connectivity index (χ2n) is 8.61. The lowest BCUT2D eigenvalue weighted by molar-refractivity contribution is -0.142. The molecule has 2 fully saturated rings. The van der Waals surface area contributed by atoms with Crippen LogP contribution in [-0.4, -0.2) is 47.6 Å². The Kier molecular flexibility index (Phi) is 6.41. The zero-order chi connectivity index (χ0) is 22.0. The molecule has 3 atom stereocenters. The van der Waals surface area contributed by atoms with Crippen LogP contribution in [0.2, 0.25) is 0 Å². The molecule has 164 valence electrons. The molecule has 0 aromatic heterocycles. The molecule has 0 bridgehead atoms. The molecule has 2 aliphatic rings. The van der Waals surface area contributed by atoms with Crippen molar-refractivity contribution in [1.29, 1.82) is 0 Å². The average Bonchev–Trinajstić information content (AvgIpc) is 2.76. The van der Waals surface area contributed by atoms with Crippen LogP contribution in [0.15, 0.2) is 47.6 Å². The molecule has 2 aliphatic heterocycles. The number of benzene rings is 2. The summed E-state index contributed by atoms with van der Waals surface area (Å²) >= 11 is 0. The standard InChI is InChI=1S/C24H27F2N3O2/c1-16-4-6-17(7-5-16)14-29-11-2-3-23(24(29)30)28-12-10-19(21(26)15-28)18-8-9-22(27-31)20(25)13-18/h4-9,13,19,21,23H,2-3,10-12,14-15H2,1H3. The average molecular weight is 427 g/mol. The number of halogens is 2. The van der Waals surface area contributed by atoms with E-state index in [1.54, 1.807) is 6.07 Å². The topological polar surface area (TPSA) is 53.0 Å². The molecule has 2 heterocycles. The van der Waals surface area contributed by atoms with Gasteiger partial charge < -0.3 is 4.90 Å². The first-order chi connectivity index (χ1) is 15.0. The number of carbonyl (C=O) groups excluding carboxylic acids is 1. The number of hydrogen-bond donors (Lipinski definition) is 0. The summed E-state index contributed by atoms with van der Waals surface area (Å²) in [6.07, 6.45) is 0.916. The molecule has 0 radical (unpaired) electrons. The molecule has 2 saturated heterocycles. The number of likely N-dealkylation sites (tertiary alicyclic amines) is 2. The van der Waals surface area contributed by atoms with E-state index in [0.29, 0.717) is 25.1 Å². The van der Waals surface area contributed by atoms with Crippen LogP contribution >= 0.6 is 0 Å². The Morgan fingerprint density at radius 2 is 1.87 bits per heavy atom. The first kappa shape index (κ1) is 21.6. The molecule has 3 unspecified atom stereocenters. The number of nitrogens with zero attached hydrogens (tertiary/aromatic N) is 3. The number of hydrogen-bond acceptors (Lipinski definition) is 4. The van der Waals surface area contributed by atoms with Crippen LogP contribution in [0, 0.1) is 17.6 Å². The third-order valence-electron chi connectivity index (χ3n) is 6.51. The lowest BCUT2D eigenvalue weighted by atomic mass is 9.86. The maximum atomic E-state index is 15.1. The summed E-state index contributed by atoms with van der Waals surface area (Å²) in [5.41, 5.74) is 2.54. The zero-order valence-corrected chi connectivity index (χ0v) is 17.6. The highest BCUT2D eigenvalue weighted by Gasteiger charge is 2.39. The number of alkyl halides is 1. The highest BCUT2D eigenvalue weighted by Crippen LogP contribution is 2.34. The van der Waals surface area contributed by atoms with E-state index < -0.39 is 17.9 Å². The third-order valence-corrected chi connectivity index (χ3v) is 6.51. The summed E-state index contributed by atoms with van der Waals surface area (Å²) < 4.78 is 29.0. The Morgan fingerprint density at radius 1 is 1.10 bits per heavy atom. The summed E-state index contributed by atoms with van der Waals surface area (Å²) in [5, 5.41) is 2.63. The van der Waals surface area contributed by atoms with Crippen molar-refractivity contribution in [1.82, 2.24) is 9.80 Å². The van der Waals surface area contributed by atoms with Gasteiger partial charge in [-0.15, -0.1) is 4.91 Å². The fourth-order valence-electron chi connectivity index (χ4n) is 4.74. The van der Waals surface area contributed by atoms with E-state index in [0.717, 1.165) is 24.9 Å². The van der Waals surface area contributed by atoms with Crippen LogP contribution in [0.3, 0.4) is 0 Å². The molecule has 2 aromatic rings. The fourth-order valence-corrected chi connectivity index (χ4v) is 4.74. The van der Waals surface area contributed by atoms with Gasteiger partial charge >= 0.3 is 0 Å².